The van der Waals surface area contributed by atoms with Crippen LogP contribution in [0.5, 0.6) is 5.75 Å². The number of carbonyl (C=O) groups excluding carboxylic acids is 2. The number of ether oxygens (including phenoxy) is 1. The van der Waals surface area contributed by atoms with Gasteiger partial charge in [-0.05, 0) is 23.8 Å². The Hall–Kier alpha value is -3.61. The molecule has 0 aliphatic carbocycles. The third-order valence-electron chi connectivity index (χ3n) is 5.05. The van der Waals surface area contributed by atoms with E-state index in [4.69, 9.17) is 4.74 Å². The highest BCUT2D eigenvalue weighted by Gasteiger charge is 2.26. The molecule has 0 radical (unpaired) electrons. The minimum absolute atomic E-state index is 0.0631. The van der Waals surface area contributed by atoms with Crippen LogP contribution in [0.15, 0.2) is 54.6 Å². The zero-order chi connectivity index (χ0) is 20.2. The molecular formula is C22H22N4O3. The van der Waals surface area contributed by atoms with Crippen LogP contribution in [0.2, 0.25) is 0 Å². The number of methoxy groups -OCH3 is 1. The maximum Gasteiger partial charge on any atom is 0.257 e. The van der Waals surface area contributed by atoms with Crippen LogP contribution in [-0.2, 0) is 24.2 Å². The van der Waals surface area contributed by atoms with Gasteiger partial charge in [0.2, 0.25) is 5.91 Å². The highest BCUT2D eigenvalue weighted by atomic mass is 16.5. The molecule has 3 aromatic rings. The zero-order valence-corrected chi connectivity index (χ0v) is 16.1. The Labute approximate surface area is 168 Å². The fraction of sp³-hybridized carbons (Fsp3) is 0.227. The number of hydrogen-bond donors (Lipinski definition) is 2. The molecule has 2 amide bonds. The Balaban J connectivity index is 1.47. The fourth-order valence-corrected chi connectivity index (χ4v) is 3.44. The van der Waals surface area contributed by atoms with Crippen molar-refractivity contribution < 1.29 is 14.3 Å². The molecule has 2 heterocycles. The van der Waals surface area contributed by atoms with Crippen LogP contribution in [0, 0.1) is 0 Å². The van der Waals surface area contributed by atoms with Crippen LogP contribution in [0.3, 0.4) is 0 Å². The molecule has 2 aromatic carbocycles. The lowest BCUT2D eigenvalue weighted by Gasteiger charge is -2.27. The summed E-state index contributed by atoms with van der Waals surface area (Å²) < 4.78 is 5.17. The maximum atomic E-state index is 12.7. The molecule has 1 aliphatic heterocycles. The van der Waals surface area contributed by atoms with Crippen molar-refractivity contribution in [2.45, 2.75) is 19.4 Å². The number of amides is 2. The van der Waals surface area contributed by atoms with Gasteiger partial charge in [0.25, 0.3) is 5.91 Å². The van der Waals surface area contributed by atoms with E-state index in [1.807, 2.05) is 35.2 Å². The highest BCUT2D eigenvalue weighted by Crippen LogP contribution is 2.25. The monoisotopic (exact) mass is 390 g/mol. The number of fused-ring (bicyclic) bond motifs is 1. The fourth-order valence-electron chi connectivity index (χ4n) is 3.44. The SMILES string of the molecule is COc1cccc(C(=O)Nc2n[nH]c3c2CN(C(=O)Cc2ccccc2)CC3)c1. The van der Waals surface area contributed by atoms with E-state index in [2.05, 4.69) is 15.5 Å². The van der Waals surface area contributed by atoms with E-state index in [9.17, 15) is 9.59 Å². The van der Waals surface area contributed by atoms with E-state index >= 15 is 0 Å². The first-order chi connectivity index (χ1) is 14.1. The first-order valence-electron chi connectivity index (χ1n) is 9.47. The Bertz CT molecular complexity index is 1030. The van der Waals surface area contributed by atoms with Gasteiger partial charge in [-0.2, -0.15) is 5.10 Å². The number of rotatable bonds is 5. The quantitative estimate of drug-likeness (QED) is 0.701. The first-order valence-corrected chi connectivity index (χ1v) is 9.47. The van der Waals surface area contributed by atoms with Crippen LogP contribution in [0.25, 0.3) is 0 Å². The van der Waals surface area contributed by atoms with Gasteiger partial charge < -0.3 is 15.0 Å². The normalized spacial score (nSPS) is 12.9. The molecule has 2 N–H and O–H groups in total. The summed E-state index contributed by atoms with van der Waals surface area (Å²) in [4.78, 5) is 27.2. The standard InChI is InChI=1S/C22H22N4O3/c1-29-17-9-5-8-16(13-17)22(28)23-21-18-14-26(11-10-19(18)24-25-21)20(27)12-15-6-3-2-4-7-15/h2-9,13H,10-12,14H2,1H3,(H2,23,24,25,28). The van der Waals surface area contributed by atoms with Gasteiger partial charge in [-0.25, -0.2) is 0 Å². The van der Waals surface area contributed by atoms with Crippen molar-refractivity contribution in [3.05, 3.63) is 77.0 Å². The van der Waals surface area contributed by atoms with Gasteiger partial charge in [0.15, 0.2) is 5.82 Å². The summed E-state index contributed by atoms with van der Waals surface area (Å²) >= 11 is 0. The first kappa shape index (κ1) is 18.7. The van der Waals surface area contributed by atoms with Crippen LogP contribution < -0.4 is 10.1 Å². The van der Waals surface area contributed by atoms with Crippen LogP contribution in [0.4, 0.5) is 5.82 Å². The molecule has 0 fully saturated rings. The predicted octanol–water partition coefficient (Wildman–Crippen LogP) is 2.80. The number of aromatic nitrogens is 2. The summed E-state index contributed by atoms with van der Waals surface area (Å²) in [5.41, 5.74) is 3.28. The molecule has 0 bridgehead atoms. The molecule has 29 heavy (non-hydrogen) atoms. The van der Waals surface area contributed by atoms with Gasteiger partial charge in [0.1, 0.15) is 5.75 Å². The molecule has 0 spiro atoms. The molecular weight excluding hydrogens is 368 g/mol. The van der Waals surface area contributed by atoms with Crippen molar-refractivity contribution in [3.8, 4) is 5.75 Å². The predicted molar refractivity (Wildman–Crippen MR) is 109 cm³/mol. The van der Waals surface area contributed by atoms with E-state index in [0.29, 0.717) is 43.1 Å². The van der Waals surface area contributed by atoms with E-state index < -0.39 is 0 Å². The molecule has 7 nitrogen and oxygen atoms in total. The highest BCUT2D eigenvalue weighted by molar-refractivity contribution is 6.04. The second-order valence-electron chi connectivity index (χ2n) is 6.94. The number of hydrogen-bond acceptors (Lipinski definition) is 4. The van der Waals surface area contributed by atoms with Gasteiger partial charge in [-0.1, -0.05) is 36.4 Å². The van der Waals surface area contributed by atoms with Crippen molar-refractivity contribution in [3.63, 3.8) is 0 Å². The number of benzene rings is 2. The lowest BCUT2D eigenvalue weighted by atomic mass is 10.1. The molecule has 4 rings (SSSR count). The largest absolute Gasteiger partial charge is 0.497 e. The molecule has 1 aliphatic rings. The van der Waals surface area contributed by atoms with Gasteiger partial charge in [0.05, 0.1) is 20.1 Å². The number of aromatic amines is 1. The van der Waals surface area contributed by atoms with Gasteiger partial charge in [0, 0.05) is 29.8 Å². The van der Waals surface area contributed by atoms with Crippen molar-refractivity contribution in [2.24, 2.45) is 0 Å². The molecule has 1 aromatic heterocycles. The van der Waals surface area contributed by atoms with Gasteiger partial charge in [-0.3, -0.25) is 14.7 Å². The molecule has 148 valence electrons. The van der Waals surface area contributed by atoms with Gasteiger partial charge >= 0.3 is 0 Å². The number of nitrogens with one attached hydrogen (secondary N) is 2. The minimum Gasteiger partial charge on any atom is -0.497 e. The molecule has 7 heteroatoms. The van der Waals surface area contributed by atoms with Crippen molar-refractivity contribution >= 4 is 17.6 Å². The third-order valence-corrected chi connectivity index (χ3v) is 5.05. The average Bonchev–Trinajstić information content (AvgIpc) is 3.16. The van der Waals surface area contributed by atoms with E-state index in [-0.39, 0.29) is 11.8 Å². The summed E-state index contributed by atoms with van der Waals surface area (Å²) in [7, 11) is 1.56. The van der Waals surface area contributed by atoms with Crippen LogP contribution >= 0.6 is 0 Å². The van der Waals surface area contributed by atoms with Crippen molar-refractivity contribution in [1.82, 2.24) is 15.1 Å². The Morgan fingerprint density at radius 2 is 2.00 bits per heavy atom. The molecule has 0 saturated carbocycles. The van der Waals surface area contributed by atoms with Gasteiger partial charge in [-0.15, -0.1) is 0 Å². The maximum absolute atomic E-state index is 12.7. The summed E-state index contributed by atoms with van der Waals surface area (Å²) in [5, 5.41) is 10.1. The van der Waals surface area contributed by atoms with Crippen molar-refractivity contribution in [1.29, 1.82) is 0 Å². The Morgan fingerprint density at radius 1 is 1.17 bits per heavy atom. The van der Waals surface area contributed by atoms with Crippen LogP contribution in [0.1, 0.15) is 27.2 Å². The molecule has 0 unspecified atom stereocenters. The lowest BCUT2D eigenvalue weighted by molar-refractivity contribution is -0.131. The second kappa shape index (κ2) is 8.18. The number of carbonyl (C=O) groups is 2. The smallest absolute Gasteiger partial charge is 0.257 e. The number of anilines is 1. The van der Waals surface area contributed by atoms with E-state index in [1.165, 1.54) is 0 Å². The molecule has 0 saturated heterocycles. The summed E-state index contributed by atoms with van der Waals surface area (Å²) in [6.07, 6.45) is 1.04. The topological polar surface area (TPSA) is 87.3 Å². The number of H-pyrrole nitrogens is 1. The van der Waals surface area contributed by atoms with Crippen LogP contribution in [-0.4, -0.2) is 40.6 Å². The summed E-state index contributed by atoms with van der Waals surface area (Å²) in [5.74, 6) is 0.864. The number of nitrogens with zero attached hydrogens (tertiary/aromatic N) is 2. The Morgan fingerprint density at radius 3 is 2.79 bits per heavy atom. The average molecular weight is 390 g/mol. The Kier molecular flexibility index (Phi) is 5.29. The van der Waals surface area contributed by atoms with E-state index in [0.717, 1.165) is 16.8 Å². The minimum atomic E-state index is -0.272. The second-order valence-corrected chi connectivity index (χ2v) is 6.94. The third kappa shape index (κ3) is 4.13. The lowest BCUT2D eigenvalue weighted by Crippen LogP contribution is -2.37. The molecule has 0 atom stereocenters. The van der Waals surface area contributed by atoms with E-state index in [1.54, 1.807) is 31.4 Å². The van der Waals surface area contributed by atoms with Crippen molar-refractivity contribution in [2.75, 3.05) is 19.0 Å². The summed E-state index contributed by atoms with van der Waals surface area (Å²) in [6.45, 7) is 1.05. The zero-order valence-electron chi connectivity index (χ0n) is 16.1. The summed E-state index contributed by atoms with van der Waals surface area (Å²) in [6, 6.07) is 16.6.